The van der Waals surface area contributed by atoms with Gasteiger partial charge in [-0.05, 0) is 64.7 Å². The molecule has 172 valence electrons. The fraction of sp³-hybridized carbons (Fsp3) is 0.143. The van der Waals surface area contributed by atoms with Gasteiger partial charge >= 0.3 is 0 Å². The van der Waals surface area contributed by atoms with Gasteiger partial charge in [-0.1, -0.05) is 70.5 Å². The van der Waals surface area contributed by atoms with Gasteiger partial charge in [0.25, 0.3) is 0 Å². The van der Waals surface area contributed by atoms with Gasteiger partial charge in [0, 0.05) is 4.47 Å². The van der Waals surface area contributed by atoms with E-state index in [0.717, 1.165) is 31.9 Å². The summed E-state index contributed by atoms with van der Waals surface area (Å²) in [6.45, 7) is 2.87. The summed E-state index contributed by atoms with van der Waals surface area (Å²) in [6.07, 6.45) is 1.85. The van der Waals surface area contributed by atoms with Crippen LogP contribution < -0.4 is 14.9 Å². The zero-order valence-electron chi connectivity index (χ0n) is 18.8. The van der Waals surface area contributed by atoms with Crippen molar-refractivity contribution in [3.63, 3.8) is 0 Å². The predicted octanol–water partition coefficient (Wildman–Crippen LogP) is 6.27. The van der Waals surface area contributed by atoms with Gasteiger partial charge < -0.3 is 9.47 Å². The summed E-state index contributed by atoms with van der Waals surface area (Å²) in [7, 11) is 0. The Morgan fingerprint density at radius 3 is 2.56 bits per heavy atom. The molecule has 4 rings (SSSR count). The SMILES string of the molecule is CCOc1cc(/C=N\NC(=O)Cc2cccc3ccccc23)ccc1OCc1ccc(Br)cc1. The van der Waals surface area contributed by atoms with Gasteiger partial charge in [-0.3, -0.25) is 4.79 Å². The van der Waals surface area contributed by atoms with Crippen molar-refractivity contribution in [2.24, 2.45) is 5.10 Å². The number of carbonyl (C=O) groups is 1. The number of fused-ring (bicyclic) bond motifs is 1. The summed E-state index contributed by atoms with van der Waals surface area (Å²) < 4.78 is 12.7. The number of halogens is 1. The molecule has 5 nitrogen and oxygen atoms in total. The van der Waals surface area contributed by atoms with Crippen LogP contribution in [0, 0.1) is 0 Å². The molecule has 0 saturated carbocycles. The van der Waals surface area contributed by atoms with Gasteiger partial charge in [-0.2, -0.15) is 5.10 Å². The quantitative estimate of drug-likeness (QED) is 0.210. The number of carbonyl (C=O) groups excluding carboxylic acids is 1. The number of amides is 1. The summed E-state index contributed by atoms with van der Waals surface area (Å²) in [5.41, 5.74) is 5.44. The van der Waals surface area contributed by atoms with Crippen molar-refractivity contribution >= 4 is 38.8 Å². The number of hydrogen-bond donors (Lipinski definition) is 1. The average Bonchev–Trinajstić information content (AvgIpc) is 2.85. The van der Waals surface area contributed by atoms with Crippen LogP contribution in [0.1, 0.15) is 23.6 Å². The first-order valence-electron chi connectivity index (χ1n) is 11.0. The van der Waals surface area contributed by atoms with Crippen LogP contribution in [0.15, 0.2) is 94.5 Å². The van der Waals surface area contributed by atoms with Crippen molar-refractivity contribution in [2.45, 2.75) is 20.0 Å². The van der Waals surface area contributed by atoms with Crippen molar-refractivity contribution < 1.29 is 14.3 Å². The van der Waals surface area contributed by atoms with Crippen LogP contribution in [0.2, 0.25) is 0 Å². The number of benzene rings is 4. The molecular formula is C28H25BrN2O3. The Morgan fingerprint density at radius 2 is 1.74 bits per heavy atom. The molecule has 1 amide bonds. The third kappa shape index (κ3) is 6.23. The van der Waals surface area contributed by atoms with Crippen molar-refractivity contribution in [1.29, 1.82) is 0 Å². The molecule has 4 aromatic carbocycles. The van der Waals surface area contributed by atoms with Gasteiger partial charge in [-0.15, -0.1) is 0 Å². The molecule has 0 radical (unpaired) electrons. The molecule has 0 heterocycles. The van der Waals surface area contributed by atoms with Crippen molar-refractivity contribution in [2.75, 3.05) is 6.61 Å². The lowest BCUT2D eigenvalue weighted by Crippen LogP contribution is -2.19. The third-order valence-electron chi connectivity index (χ3n) is 5.21. The highest BCUT2D eigenvalue weighted by Crippen LogP contribution is 2.29. The molecule has 0 unspecified atom stereocenters. The zero-order valence-corrected chi connectivity index (χ0v) is 20.4. The highest BCUT2D eigenvalue weighted by atomic mass is 79.9. The highest BCUT2D eigenvalue weighted by Gasteiger charge is 2.08. The first-order chi connectivity index (χ1) is 16.6. The standard InChI is InChI=1S/C28H25BrN2O3/c1-2-33-27-16-21(12-15-26(27)34-19-20-10-13-24(29)14-11-20)18-30-31-28(32)17-23-8-5-7-22-6-3-4-9-25(22)23/h3-16,18H,2,17,19H2,1H3,(H,31,32)/b30-18-. The predicted molar refractivity (Wildman–Crippen MR) is 139 cm³/mol. The van der Waals surface area contributed by atoms with E-state index in [1.165, 1.54) is 0 Å². The molecule has 0 aromatic heterocycles. The second kappa shape index (κ2) is 11.5. The topological polar surface area (TPSA) is 59.9 Å². The van der Waals surface area contributed by atoms with Gasteiger partial charge in [0.05, 0.1) is 19.2 Å². The van der Waals surface area contributed by atoms with Gasteiger partial charge in [0.15, 0.2) is 11.5 Å². The molecule has 0 fully saturated rings. The van der Waals surface area contributed by atoms with E-state index in [1.54, 1.807) is 6.21 Å². The molecule has 6 heteroatoms. The van der Waals surface area contributed by atoms with E-state index in [1.807, 2.05) is 91.9 Å². The molecule has 0 saturated heterocycles. The Balaban J connectivity index is 1.38. The van der Waals surface area contributed by atoms with Gasteiger partial charge in [0.2, 0.25) is 5.91 Å². The molecule has 0 spiro atoms. The Labute approximate surface area is 207 Å². The molecule has 1 N–H and O–H groups in total. The van der Waals surface area contributed by atoms with E-state index < -0.39 is 0 Å². The summed E-state index contributed by atoms with van der Waals surface area (Å²) >= 11 is 3.44. The summed E-state index contributed by atoms with van der Waals surface area (Å²) in [4.78, 5) is 12.4. The highest BCUT2D eigenvalue weighted by molar-refractivity contribution is 9.10. The second-order valence-corrected chi connectivity index (χ2v) is 8.58. The largest absolute Gasteiger partial charge is 0.490 e. The fourth-order valence-corrected chi connectivity index (χ4v) is 3.84. The lowest BCUT2D eigenvalue weighted by atomic mass is 10.0. The minimum absolute atomic E-state index is 0.174. The lowest BCUT2D eigenvalue weighted by molar-refractivity contribution is -0.120. The number of rotatable bonds is 9. The van der Waals surface area contributed by atoms with Crippen LogP contribution in [0.3, 0.4) is 0 Å². The van der Waals surface area contributed by atoms with E-state index in [0.29, 0.717) is 24.7 Å². The Morgan fingerprint density at radius 1 is 0.941 bits per heavy atom. The van der Waals surface area contributed by atoms with Crippen molar-refractivity contribution in [3.8, 4) is 11.5 Å². The van der Waals surface area contributed by atoms with Crippen LogP contribution >= 0.6 is 15.9 Å². The van der Waals surface area contributed by atoms with E-state index in [9.17, 15) is 4.79 Å². The van der Waals surface area contributed by atoms with Crippen molar-refractivity contribution in [3.05, 3.63) is 106 Å². The summed E-state index contributed by atoms with van der Waals surface area (Å²) in [6, 6.07) is 27.5. The van der Waals surface area contributed by atoms with Crippen LogP contribution in [0.25, 0.3) is 10.8 Å². The van der Waals surface area contributed by atoms with E-state index in [-0.39, 0.29) is 12.3 Å². The molecule has 0 bridgehead atoms. The Kier molecular flexibility index (Phi) is 7.94. The normalized spacial score (nSPS) is 11.0. The van der Waals surface area contributed by atoms with E-state index in [4.69, 9.17) is 9.47 Å². The maximum atomic E-state index is 12.4. The fourth-order valence-electron chi connectivity index (χ4n) is 3.57. The van der Waals surface area contributed by atoms with Gasteiger partial charge in [0.1, 0.15) is 6.61 Å². The molecule has 34 heavy (non-hydrogen) atoms. The summed E-state index contributed by atoms with van der Waals surface area (Å²) in [5.74, 6) is 1.11. The monoisotopic (exact) mass is 516 g/mol. The molecule has 0 aliphatic heterocycles. The molecule has 0 aliphatic rings. The number of nitrogens with one attached hydrogen (secondary N) is 1. The number of ether oxygens (including phenoxy) is 2. The average molecular weight is 517 g/mol. The smallest absolute Gasteiger partial charge is 0.244 e. The molecule has 0 aliphatic carbocycles. The maximum absolute atomic E-state index is 12.4. The van der Waals surface area contributed by atoms with E-state index in [2.05, 4.69) is 26.5 Å². The van der Waals surface area contributed by atoms with Crippen LogP contribution in [-0.2, 0) is 17.8 Å². The molecule has 0 atom stereocenters. The third-order valence-corrected chi connectivity index (χ3v) is 5.74. The minimum atomic E-state index is -0.174. The van der Waals surface area contributed by atoms with Gasteiger partial charge in [-0.25, -0.2) is 5.43 Å². The number of hydrogen-bond acceptors (Lipinski definition) is 4. The van der Waals surface area contributed by atoms with Crippen molar-refractivity contribution in [1.82, 2.24) is 5.43 Å². The van der Waals surface area contributed by atoms with Crippen LogP contribution in [-0.4, -0.2) is 18.7 Å². The maximum Gasteiger partial charge on any atom is 0.244 e. The Hall–Kier alpha value is -3.64. The van der Waals surface area contributed by atoms with Crippen LogP contribution in [0.4, 0.5) is 0 Å². The lowest BCUT2D eigenvalue weighted by Gasteiger charge is -2.12. The number of hydrazone groups is 1. The Bertz CT molecular complexity index is 1300. The molecular weight excluding hydrogens is 492 g/mol. The second-order valence-electron chi connectivity index (χ2n) is 7.66. The first-order valence-corrected chi connectivity index (χ1v) is 11.8. The summed E-state index contributed by atoms with van der Waals surface area (Å²) in [5, 5.41) is 6.31. The minimum Gasteiger partial charge on any atom is -0.490 e. The van der Waals surface area contributed by atoms with Crippen LogP contribution in [0.5, 0.6) is 11.5 Å². The van der Waals surface area contributed by atoms with E-state index >= 15 is 0 Å². The number of nitrogens with zero attached hydrogens (tertiary/aromatic N) is 1. The zero-order chi connectivity index (χ0) is 23.8. The molecule has 4 aromatic rings. The first kappa shape index (κ1) is 23.5.